The maximum absolute atomic E-state index is 11.7. The van der Waals surface area contributed by atoms with Crippen molar-refractivity contribution in [2.24, 2.45) is 0 Å². The largest absolute Gasteiger partial charge is 0.496 e. The van der Waals surface area contributed by atoms with E-state index in [-0.39, 0.29) is 18.6 Å². The van der Waals surface area contributed by atoms with Gasteiger partial charge in [-0.3, -0.25) is 4.21 Å². The van der Waals surface area contributed by atoms with E-state index in [0.29, 0.717) is 16.5 Å². The lowest BCUT2D eigenvalue weighted by molar-refractivity contribution is 0.238. The standard InChI is InChI=1S/C13H19ClN2O3S/c1-9(8-20(3)18)16-13(17)15-7-10-11(14)5-4-6-12(10)19-2/h4-6,9H,7-8H2,1-3H3,(H2,15,16,17)/t9-,20-/m0/s1. The second-order valence-electron chi connectivity index (χ2n) is 4.39. The minimum Gasteiger partial charge on any atom is -0.496 e. The van der Waals surface area contributed by atoms with Crippen LogP contribution in [-0.4, -0.2) is 35.4 Å². The van der Waals surface area contributed by atoms with E-state index < -0.39 is 10.8 Å². The fourth-order valence-corrected chi connectivity index (χ4v) is 2.76. The minimum atomic E-state index is -0.944. The maximum atomic E-state index is 11.7. The Morgan fingerprint density at radius 2 is 2.20 bits per heavy atom. The zero-order chi connectivity index (χ0) is 15.1. The minimum absolute atomic E-state index is 0.158. The fourth-order valence-electron chi connectivity index (χ4n) is 1.74. The van der Waals surface area contributed by atoms with Crippen LogP contribution >= 0.6 is 11.6 Å². The third kappa shape index (κ3) is 5.38. The van der Waals surface area contributed by atoms with Crippen molar-refractivity contribution in [1.82, 2.24) is 10.6 Å². The van der Waals surface area contributed by atoms with Gasteiger partial charge in [-0.25, -0.2) is 4.79 Å². The molecule has 1 rings (SSSR count). The summed E-state index contributed by atoms with van der Waals surface area (Å²) in [7, 11) is 0.605. The number of methoxy groups -OCH3 is 1. The molecule has 0 aliphatic carbocycles. The Hall–Kier alpha value is -1.27. The Labute approximate surface area is 126 Å². The molecule has 112 valence electrons. The van der Waals surface area contributed by atoms with Gasteiger partial charge in [-0.1, -0.05) is 17.7 Å². The molecule has 2 amide bonds. The van der Waals surface area contributed by atoms with Crippen molar-refractivity contribution >= 4 is 28.4 Å². The first-order valence-corrected chi connectivity index (χ1v) is 8.20. The molecule has 0 aromatic heterocycles. The van der Waals surface area contributed by atoms with Gasteiger partial charge in [0, 0.05) is 46.0 Å². The van der Waals surface area contributed by atoms with Gasteiger partial charge in [0.15, 0.2) is 0 Å². The number of urea groups is 1. The van der Waals surface area contributed by atoms with Gasteiger partial charge in [-0.2, -0.15) is 0 Å². The van der Waals surface area contributed by atoms with Gasteiger partial charge in [0.05, 0.1) is 7.11 Å². The molecule has 7 heteroatoms. The Morgan fingerprint density at radius 1 is 1.50 bits per heavy atom. The van der Waals surface area contributed by atoms with Crippen molar-refractivity contribution in [3.05, 3.63) is 28.8 Å². The molecule has 0 unspecified atom stereocenters. The van der Waals surface area contributed by atoms with Crippen molar-refractivity contribution < 1.29 is 13.7 Å². The van der Waals surface area contributed by atoms with E-state index in [9.17, 15) is 9.00 Å². The first kappa shape index (κ1) is 16.8. The SMILES string of the molecule is COc1cccc(Cl)c1CNC(=O)N[C@@H](C)C[S@](C)=O. The van der Waals surface area contributed by atoms with Crippen LogP contribution in [0.4, 0.5) is 4.79 Å². The molecule has 0 aliphatic rings. The van der Waals surface area contributed by atoms with Gasteiger partial charge in [0.2, 0.25) is 0 Å². The number of ether oxygens (including phenoxy) is 1. The molecule has 2 N–H and O–H groups in total. The average Bonchev–Trinajstić information content (AvgIpc) is 2.35. The first-order chi connectivity index (χ1) is 9.43. The van der Waals surface area contributed by atoms with Gasteiger partial charge in [-0.05, 0) is 19.1 Å². The third-order valence-electron chi connectivity index (χ3n) is 2.58. The number of carbonyl (C=O) groups excluding carboxylic acids is 1. The number of halogens is 1. The van der Waals surface area contributed by atoms with Crippen LogP contribution in [0, 0.1) is 0 Å². The maximum Gasteiger partial charge on any atom is 0.315 e. The summed E-state index contributed by atoms with van der Waals surface area (Å²) in [6.07, 6.45) is 1.60. The summed E-state index contributed by atoms with van der Waals surface area (Å²) in [6, 6.07) is 4.81. The Balaban J connectivity index is 2.55. The summed E-state index contributed by atoms with van der Waals surface area (Å²) < 4.78 is 16.2. The molecular weight excluding hydrogens is 300 g/mol. The second-order valence-corrected chi connectivity index (χ2v) is 6.28. The number of hydrogen-bond donors (Lipinski definition) is 2. The Morgan fingerprint density at radius 3 is 2.80 bits per heavy atom. The van der Waals surface area contributed by atoms with Crippen LogP contribution in [-0.2, 0) is 17.3 Å². The number of benzene rings is 1. The molecule has 0 heterocycles. The van der Waals surface area contributed by atoms with Gasteiger partial charge in [0.1, 0.15) is 5.75 Å². The molecule has 5 nitrogen and oxygen atoms in total. The van der Waals surface area contributed by atoms with Gasteiger partial charge < -0.3 is 15.4 Å². The summed E-state index contributed by atoms with van der Waals surface area (Å²) in [6.45, 7) is 2.06. The second kappa shape index (κ2) is 8.11. The van der Waals surface area contributed by atoms with E-state index >= 15 is 0 Å². The monoisotopic (exact) mass is 318 g/mol. The smallest absolute Gasteiger partial charge is 0.315 e. The summed E-state index contributed by atoms with van der Waals surface area (Å²) in [4.78, 5) is 11.7. The Bertz CT molecular complexity index is 497. The predicted octanol–water partition coefficient (Wildman–Crippen LogP) is 1.91. The molecular formula is C13H19ClN2O3S. The highest BCUT2D eigenvalue weighted by atomic mass is 35.5. The molecule has 0 saturated carbocycles. The summed E-state index contributed by atoms with van der Waals surface area (Å²) in [5.74, 6) is 1.04. The van der Waals surface area contributed by atoms with E-state index in [4.69, 9.17) is 16.3 Å². The van der Waals surface area contributed by atoms with Crippen molar-refractivity contribution in [2.75, 3.05) is 19.1 Å². The lowest BCUT2D eigenvalue weighted by Crippen LogP contribution is -2.42. The fraction of sp³-hybridized carbons (Fsp3) is 0.462. The van der Waals surface area contributed by atoms with Crippen LogP contribution in [0.15, 0.2) is 18.2 Å². The molecule has 0 aliphatic heterocycles. The van der Waals surface area contributed by atoms with Crippen LogP contribution in [0.3, 0.4) is 0 Å². The summed E-state index contributed by atoms with van der Waals surface area (Å²) in [5.41, 5.74) is 0.721. The zero-order valence-electron chi connectivity index (χ0n) is 11.7. The van der Waals surface area contributed by atoms with Gasteiger partial charge in [-0.15, -0.1) is 0 Å². The normalized spacial score (nSPS) is 13.4. The molecule has 0 fully saturated rings. The van der Waals surface area contributed by atoms with Crippen LogP contribution < -0.4 is 15.4 Å². The quantitative estimate of drug-likeness (QED) is 0.842. The predicted molar refractivity (Wildman–Crippen MR) is 81.8 cm³/mol. The van der Waals surface area contributed by atoms with E-state index in [1.54, 1.807) is 38.5 Å². The highest BCUT2D eigenvalue weighted by Crippen LogP contribution is 2.25. The van der Waals surface area contributed by atoms with Gasteiger partial charge in [0.25, 0.3) is 0 Å². The molecule has 0 spiro atoms. The lowest BCUT2D eigenvalue weighted by Gasteiger charge is -2.15. The van der Waals surface area contributed by atoms with Crippen LogP contribution in [0.1, 0.15) is 12.5 Å². The number of nitrogens with one attached hydrogen (secondary N) is 2. The van der Waals surface area contributed by atoms with Crippen LogP contribution in [0.25, 0.3) is 0 Å². The van der Waals surface area contributed by atoms with E-state index in [1.165, 1.54) is 0 Å². The molecule has 20 heavy (non-hydrogen) atoms. The number of hydrogen-bond acceptors (Lipinski definition) is 3. The molecule has 1 aromatic carbocycles. The number of amides is 2. The highest BCUT2D eigenvalue weighted by Gasteiger charge is 2.11. The molecule has 0 saturated heterocycles. The van der Waals surface area contributed by atoms with Crippen molar-refractivity contribution in [3.8, 4) is 5.75 Å². The zero-order valence-corrected chi connectivity index (χ0v) is 13.3. The van der Waals surface area contributed by atoms with Crippen molar-refractivity contribution in [2.45, 2.75) is 19.5 Å². The summed E-state index contributed by atoms with van der Waals surface area (Å²) >= 11 is 6.07. The number of rotatable bonds is 6. The van der Waals surface area contributed by atoms with Crippen LogP contribution in [0.2, 0.25) is 5.02 Å². The topological polar surface area (TPSA) is 67.4 Å². The van der Waals surface area contributed by atoms with Crippen molar-refractivity contribution in [1.29, 1.82) is 0 Å². The number of carbonyl (C=O) groups is 1. The molecule has 1 aromatic rings. The molecule has 0 bridgehead atoms. The lowest BCUT2D eigenvalue weighted by atomic mass is 10.2. The molecule has 2 atom stereocenters. The summed E-state index contributed by atoms with van der Waals surface area (Å²) in [5, 5.41) is 5.95. The van der Waals surface area contributed by atoms with Gasteiger partial charge >= 0.3 is 6.03 Å². The first-order valence-electron chi connectivity index (χ1n) is 6.09. The van der Waals surface area contributed by atoms with Crippen molar-refractivity contribution in [3.63, 3.8) is 0 Å². The van der Waals surface area contributed by atoms with Crippen LogP contribution in [0.5, 0.6) is 5.75 Å². The van der Waals surface area contributed by atoms with E-state index in [0.717, 1.165) is 5.56 Å². The molecule has 0 radical (unpaired) electrons. The Kier molecular flexibility index (Phi) is 6.81. The highest BCUT2D eigenvalue weighted by molar-refractivity contribution is 7.84. The van der Waals surface area contributed by atoms with E-state index in [1.807, 2.05) is 0 Å². The average molecular weight is 319 g/mol. The third-order valence-corrected chi connectivity index (χ3v) is 3.91. The van der Waals surface area contributed by atoms with E-state index in [2.05, 4.69) is 10.6 Å².